The van der Waals surface area contributed by atoms with Gasteiger partial charge in [0, 0.05) is 0 Å². The minimum atomic E-state index is 0.577. The summed E-state index contributed by atoms with van der Waals surface area (Å²) in [6.07, 6.45) is 8.81. The standard InChI is InChI=1S/C20H34/c1-9-20(13-12-19(8)16(4)5)14-17(6)10-11-18(7)15(2)3/h9,14-17H,1,7-8,10-13H2,2-6H3/b20-14+. The molecule has 0 aliphatic rings. The Kier molecular flexibility index (Phi) is 9.29. The van der Waals surface area contributed by atoms with Crippen LogP contribution in [0.15, 0.2) is 48.6 Å². The maximum absolute atomic E-state index is 4.15. The Morgan fingerprint density at radius 1 is 0.850 bits per heavy atom. The highest BCUT2D eigenvalue weighted by Crippen LogP contribution is 2.22. The summed E-state index contributed by atoms with van der Waals surface area (Å²) in [4.78, 5) is 0. The summed E-state index contributed by atoms with van der Waals surface area (Å²) in [6.45, 7) is 23.4. The molecule has 0 nitrogen and oxygen atoms in total. The molecular weight excluding hydrogens is 240 g/mol. The molecule has 0 saturated heterocycles. The van der Waals surface area contributed by atoms with Crippen molar-refractivity contribution in [3.63, 3.8) is 0 Å². The first-order valence-electron chi connectivity index (χ1n) is 7.96. The van der Waals surface area contributed by atoms with E-state index in [0.717, 1.165) is 19.3 Å². The minimum absolute atomic E-state index is 0.577. The number of allylic oxidation sites excluding steroid dienone is 5. The third kappa shape index (κ3) is 8.19. The van der Waals surface area contributed by atoms with Gasteiger partial charge in [0.25, 0.3) is 0 Å². The van der Waals surface area contributed by atoms with Crippen molar-refractivity contribution < 1.29 is 0 Å². The average Bonchev–Trinajstić information content (AvgIpc) is 2.39. The molecule has 1 atom stereocenters. The highest BCUT2D eigenvalue weighted by molar-refractivity contribution is 5.19. The first-order valence-corrected chi connectivity index (χ1v) is 7.96. The molecule has 0 heteroatoms. The highest BCUT2D eigenvalue weighted by Gasteiger charge is 2.06. The van der Waals surface area contributed by atoms with E-state index >= 15 is 0 Å². The van der Waals surface area contributed by atoms with Crippen LogP contribution in [0.25, 0.3) is 0 Å². The van der Waals surface area contributed by atoms with E-state index < -0.39 is 0 Å². The van der Waals surface area contributed by atoms with E-state index in [0.29, 0.717) is 17.8 Å². The third-order valence-corrected chi connectivity index (χ3v) is 4.05. The second-order valence-electron chi connectivity index (χ2n) is 6.59. The topological polar surface area (TPSA) is 0 Å². The predicted octanol–water partition coefficient (Wildman–Crippen LogP) is 6.72. The summed E-state index contributed by atoms with van der Waals surface area (Å²) in [5.74, 6) is 1.76. The van der Waals surface area contributed by atoms with E-state index in [4.69, 9.17) is 0 Å². The largest absolute Gasteiger partial charge is 0.0996 e. The van der Waals surface area contributed by atoms with Crippen LogP contribution < -0.4 is 0 Å². The highest BCUT2D eigenvalue weighted by atomic mass is 14.1. The molecule has 0 radical (unpaired) electrons. The van der Waals surface area contributed by atoms with Gasteiger partial charge in [-0.1, -0.05) is 83.2 Å². The molecule has 0 aliphatic carbocycles. The van der Waals surface area contributed by atoms with Crippen molar-refractivity contribution in [2.45, 2.75) is 60.3 Å². The zero-order valence-electron chi connectivity index (χ0n) is 14.3. The van der Waals surface area contributed by atoms with Crippen LogP contribution in [0.2, 0.25) is 0 Å². The van der Waals surface area contributed by atoms with Crippen LogP contribution in [0.1, 0.15) is 60.3 Å². The molecule has 0 aromatic rings. The quantitative estimate of drug-likeness (QED) is 0.306. The number of hydrogen-bond acceptors (Lipinski definition) is 0. The molecule has 0 spiro atoms. The lowest BCUT2D eigenvalue weighted by molar-refractivity contribution is 0.601. The Morgan fingerprint density at radius 2 is 1.35 bits per heavy atom. The lowest BCUT2D eigenvalue weighted by atomic mass is 9.92. The van der Waals surface area contributed by atoms with Gasteiger partial charge in [0.2, 0.25) is 0 Å². The lowest BCUT2D eigenvalue weighted by Crippen LogP contribution is -1.98. The molecule has 0 aromatic heterocycles. The zero-order chi connectivity index (χ0) is 15.7. The van der Waals surface area contributed by atoms with E-state index in [2.05, 4.69) is 60.4 Å². The van der Waals surface area contributed by atoms with Gasteiger partial charge >= 0.3 is 0 Å². The fourth-order valence-corrected chi connectivity index (χ4v) is 2.00. The fraction of sp³-hybridized carbons (Fsp3) is 0.600. The van der Waals surface area contributed by atoms with Gasteiger partial charge in [-0.05, 0) is 43.4 Å². The summed E-state index contributed by atoms with van der Waals surface area (Å²) < 4.78 is 0. The van der Waals surface area contributed by atoms with Crippen LogP contribution in [0, 0.1) is 17.8 Å². The van der Waals surface area contributed by atoms with Crippen LogP contribution >= 0.6 is 0 Å². The lowest BCUT2D eigenvalue weighted by Gasteiger charge is -2.14. The van der Waals surface area contributed by atoms with Crippen LogP contribution in [0.3, 0.4) is 0 Å². The second-order valence-corrected chi connectivity index (χ2v) is 6.59. The summed E-state index contributed by atoms with van der Waals surface area (Å²) >= 11 is 0. The van der Waals surface area contributed by atoms with Crippen molar-refractivity contribution in [2.24, 2.45) is 17.8 Å². The second kappa shape index (κ2) is 9.80. The Labute approximate surface area is 127 Å². The predicted molar refractivity (Wildman–Crippen MR) is 93.9 cm³/mol. The van der Waals surface area contributed by atoms with Crippen molar-refractivity contribution >= 4 is 0 Å². The first kappa shape index (κ1) is 19.0. The molecule has 20 heavy (non-hydrogen) atoms. The van der Waals surface area contributed by atoms with Gasteiger partial charge in [-0.15, -0.1) is 0 Å². The summed E-state index contributed by atoms with van der Waals surface area (Å²) in [5.41, 5.74) is 4.05. The Morgan fingerprint density at radius 3 is 1.80 bits per heavy atom. The maximum Gasteiger partial charge on any atom is -0.0245 e. The molecule has 0 heterocycles. The van der Waals surface area contributed by atoms with Gasteiger partial charge in [-0.3, -0.25) is 0 Å². The molecule has 114 valence electrons. The summed E-state index contributed by atoms with van der Waals surface area (Å²) in [6, 6.07) is 0. The molecule has 0 rings (SSSR count). The molecule has 0 amide bonds. The summed E-state index contributed by atoms with van der Waals surface area (Å²) in [5, 5.41) is 0. The first-order chi connectivity index (χ1) is 9.27. The molecule has 0 saturated carbocycles. The molecular formula is C20H34. The van der Waals surface area contributed by atoms with E-state index in [1.807, 2.05) is 6.08 Å². The van der Waals surface area contributed by atoms with Gasteiger partial charge in [0.15, 0.2) is 0 Å². The van der Waals surface area contributed by atoms with E-state index in [-0.39, 0.29) is 0 Å². The Bertz CT molecular complexity index is 352. The Balaban J connectivity index is 4.31. The van der Waals surface area contributed by atoms with Crippen LogP contribution in [0.5, 0.6) is 0 Å². The van der Waals surface area contributed by atoms with E-state index in [1.54, 1.807) is 0 Å². The Hall–Kier alpha value is -1.04. The summed E-state index contributed by atoms with van der Waals surface area (Å²) in [7, 11) is 0. The van der Waals surface area contributed by atoms with E-state index in [9.17, 15) is 0 Å². The number of rotatable bonds is 10. The van der Waals surface area contributed by atoms with Crippen molar-refractivity contribution in [3.8, 4) is 0 Å². The van der Waals surface area contributed by atoms with Gasteiger partial charge < -0.3 is 0 Å². The SMILES string of the molecule is C=C/C(=C\C(C)CCC(=C)C(C)C)CCC(=C)C(C)C. The van der Waals surface area contributed by atoms with E-state index in [1.165, 1.54) is 23.1 Å². The molecule has 0 fully saturated rings. The molecule has 1 unspecified atom stereocenters. The third-order valence-electron chi connectivity index (χ3n) is 4.05. The average molecular weight is 274 g/mol. The normalized spacial score (nSPS) is 13.7. The van der Waals surface area contributed by atoms with Crippen molar-refractivity contribution in [1.82, 2.24) is 0 Å². The minimum Gasteiger partial charge on any atom is -0.0996 e. The monoisotopic (exact) mass is 274 g/mol. The smallest absolute Gasteiger partial charge is 0.0245 e. The molecule has 0 aliphatic heterocycles. The van der Waals surface area contributed by atoms with Gasteiger partial charge in [-0.2, -0.15) is 0 Å². The van der Waals surface area contributed by atoms with Crippen molar-refractivity contribution in [2.75, 3.05) is 0 Å². The van der Waals surface area contributed by atoms with Gasteiger partial charge in [0.05, 0.1) is 0 Å². The van der Waals surface area contributed by atoms with Crippen molar-refractivity contribution in [1.29, 1.82) is 0 Å². The number of hydrogen-bond donors (Lipinski definition) is 0. The molecule has 0 bridgehead atoms. The van der Waals surface area contributed by atoms with Crippen LogP contribution in [-0.2, 0) is 0 Å². The van der Waals surface area contributed by atoms with Gasteiger partial charge in [-0.25, -0.2) is 0 Å². The zero-order valence-corrected chi connectivity index (χ0v) is 14.3. The maximum atomic E-state index is 4.15. The fourth-order valence-electron chi connectivity index (χ4n) is 2.00. The van der Waals surface area contributed by atoms with Gasteiger partial charge in [0.1, 0.15) is 0 Å². The molecule has 0 N–H and O–H groups in total. The van der Waals surface area contributed by atoms with Crippen molar-refractivity contribution in [3.05, 3.63) is 48.6 Å². The molecule has 0 aromatic carbocycles. The van der Waals surface area contributed by atoms with Crippen LogP contribution in [-0.4, -0.2) is 0 Å². The van der Waals surface area contributed by atoms with Crippen LogP contribution in [0.4, 0.5) is 0 Å².